The van der Waals surface area contributed by atoms with Gasteiger partial charge in [-0.15, -0.1) is 0 Å². The van der Waals surface area contributed by atoms with Crippen LogP contribution in [0.1, 0.15) is 5.56 Å². The van der Waals surface area contributed by atoms with E-state index in [2.05, 4.69) is 21.0 Å². The topological polar surface area (TPSA) is 64.1 Å². The largest absolute Gasteiger partial charge is 0.504 e. The summed E-state index contributed by atoms with van der Waals surface area (Å²) in [6.45, 7) is 1.76. The van der Waals surface area contributed by atoms with E-state index < -0.39 is 11.6 Å². The maximum atomic E-state index is 13.9. The van der Waals surface area contributed by atoms with E-state index in [-0.39, 0.29) is 5.56 Å². The quantitative estimate of drug-likeness (QED) is 0.851. The Morgan fingerprint density at radius 3 is 2.65 bits per heavy atom. The molecule has 0 atom stereocenters. The van der Waals surface area contributed by atoms with E-state index in [4.69, 9.17) is 5.73 Å². The molecule has 6 heteroatoms. The lowest BCUT2D eigenvalue weighted by Crippen LogP contribution is -1.97. The molecule has 0 spiro atoms. The molecule has 1 aromatic heterocycles. The van der Waals surface area contributed by atoms with Gasteiger partial charge in [-0.3, -0.25) is 4.68 Å². The van der Waals surface area contributed by atoms with Crippen LogP contribution in [-0.2, 0) is 7.05 Å². The second-order valence-electron chi connectivity index (χ2n) is 3.80. The fourth-order valence-corrected chi connectivity index (χ4v) is 1.84. The van der Waals surface area contributed by atoms with Crippen molar-refractivity contribution in [3.8, 4) is 17.0 Å². The van der Waals surface area contributed by atoms with Crippen molar-refractivity contribution in [1.29, 1.82) is 0 Å². The predicted molar refractivity (Wildman–Crippen MR) is 67.1 cm³/mol. The fourth-order valence-electron chi connectivity index (χ4n) is 1.55. The zero-order chi connectivity index (χ0) is 12.7. The minimum Gasteiger partial charge on any atom is -0.504 e. The number of rotatable bonds is 1. The lowest BCUT2D eigenvalue weighted by molar-refractivity contribution is 0.429. The average Bonchev–Trinajstić information content (AvgIpc) is 2.61. The fraction of sp³-hybridized carbons (Fsp3) is 0.182. The minimum absolute atomic E-state index is 0.232. The molecule has 17 heavy (non-hydrogen) atoms. The van der Waals surface area contributed by atoms with Crippen LogP contribution in [0, 0.1) is 12.7 Å². The summed E-state index contributed by atoms with van der Waals surface area (Å²) >= 11 is 3.12. The Morgan fingerprint density at radius 1 is 1.47 bits per heavy atom. The third-order valence-electron chi connectivity index (χ3n) is 2.55. The number of benzene rings is 1. The van der Waals surface area contributed by atoms with Gasteiger partial charge >= 0.3 is 0 Å². The first-order valence-electron chi connectivity index (χ1n) is 4.89. The lowest BCUT2D eigenvalue weighted by atomic mass is 10.1. The van der Waals surface area contributed by atoms with E-state index in [1.54, 1.807) is 26.1 Å². The number of nitrogen functional groups attached to an aromatic ring is 1. The zero-order valence-electron chi connectivity index (χ0n) is 9.33. The molecule has 0 bridgehead atoms. The maximum Gasteiger partial charge on any atom is 0.175 e. The number of phenolic OH excluding ortho intramolecular Hbond substituents is 1. The number of anilines is 1. The van der Waals surface area contributed by atoms with Crippen molar-refractivity contribution in [1.82, 2.24) is 9.78 Å². The molecule has 3 N–H and O–H groups in total. The van der Waals surface area contributed by atoms with Gasteiger partial charge in [-0.25, -0.2) is 4.39 Å². The van der Waals surface area contributed by atoms with Crippen LogP contribution in [0.25, 0.3) is 11.3 Å². The van der Waals surface area contributed by atoms with Gasteiger partial charge in [0, 0.05) is 18.7 Å². The van der Waals surface area contributed by atoms with Gasteiger partial charge in [-0.1, -0.05) is 0 Å². The highest BCUT2D eigenvalue weighted by Gasteiger charge is 2.17. The normalized spacial score (nSPS) is 10.8. The Hall–Kier alpha value is -1.56. The molecule has 90 valence electrons. The Labute approximate surface area is 106 Å². The first-order chi connectivity index (χ1) is 7.91. The van der Waals surface area contributed by atoms with E-state index in [1.165, 1.54) is 4.68 Å². The van der Waals surface area contributed by atoms with Gasteiger partial charge < -0.3 is 10.8 Å². The van der Waals surface area contributed by atoms with Crippen molar-refractivity contribution in [3.05, 3.63) is 28.0 Å². The molecule has 0 aliphatic heterocycles. The van der Waals surface area contributed by atoms with Crippen LogP contribution in [0.5, 0.6) is 5.75 Å². The van der Waals surface area contributed by atoms with Crippen molar-refractivity contribution in [3.63, 3.8) is 0 Å². The minimum atomic E-state index is -0.708. The number of phenols is 1. The van der Waals surface area contributed by atoms with E-state index in [1.807, 2.05) is 0 Å². The number of hydrogen-bond donors (Lipinski definition) is 2. The van der Waals surface area contributed by atoms with Gasteiger partial charge in [0.2, 0.25) is 0 Å². The predicted octanol–water partition coefficient (Wildman–Crippen LogP) is 2.58. The Kier molecular flexibility index (Phi) is 2.82. The van der Waals surface area contributed by atoms with Crippen molar-refractivity contribution in [2.45, 2.75) is 6.92 Å². The molecule has 0 saturated carbocycles. The highest BCUT2D eigenvalue weighted by molar-refractivity contribution is 9.10. The molecule has 0 saturated heterocycles. The Balaban J connectivity index is 2.68. The zero-order valence-corrected chi connectivity index (χ0v) is 10.9. The van der Waals surface area contributed by atoms with Gasteiger partial charge in [0.1, 0.15) is 5.82 Å². The number of aryl methyl sites for hydroxylation is 2. The molecule has 2 rings (SSSR count). The molecule has 1 heterocycles. The van der Waals surface area contributed by atoms with Gasteiger partial charge in [-0.05, 0) is 34.5 Å². The van der Waals surface area contributed by atoms with Crippen LogP contribution < -0.4 is 5.73 Å². The number of aromatic nitrogens is 2. The third-order valence-corrected chi connectivity index (χ3v) is 3.55. The monoisotopic (exact) mass is 299 g/mol. The SMILES string of the molecule is Cc1cc(-c2cc(N)n(C)n2)c(F)c(O)c1Br. The highest BCUT2D eigenvalue weighted by atomic mass is 79.9. The summed E-state index contributed by atoms with van der Waals surface area (Å²) in [5.41, 5.74) is 6.99. The van der Waals surface area contributed by atoms with Crippen LogP contribution in [0.3, 0.4) is 0 Å². The van der Waals surface area contributed by atoms with Crippen LogP contribution in [0.2, 0.25) is 0 Å². The van der Waals surface area contributed by atoms with Gasteiger partial charge in [0.05, 0.1) is 10.2 Å². The molecule has 0 aliphatic carbocycles. The standard InChI is InChI=1S/C11H11BrFN3O/c1-5-3-6(10(13)11(17)9(5)12)7-4-8(14)16(2)15-7/h3-4,17H,14H2,1-2H3. The molecular formula is C11H11BrFN3O. The Morgan fingerprint density at radius 2 is 2.12 bits per heavy atom. The summed E-state index contributed by atoms with van der Waals surface area (Å²) in [5, 5.41) is 13.7. The molecule has 0 fully saturated rings. The average molecular weight is 300 g/mol. The van der Waals surface area contributed by atoms with Crippen molar-refractivity contribution in [2.75, 3.05) is 5.73 Å². The lowest BCUT2D eigenvalue weighted by Gasteiger charge is -2.07. The van der Waals surface area contributed by atoms with Crippen molar-refractivity contribution >= 4 is 21.7 Å². The van der Waals surface area contributed by atoms with Gasteiger partial charge in [-0.2, -0.15) is 5.10 Å². The molecule has 0 aliphatic rings. The second-order valence-corrected chi connectivity index (χ2v) is 4.59. The molecule has 0 unspecified atom stereocenters. The van der Waals surface area contributed by atoms with E-state index in [9.17, 15) is 9.50 Å². The van der Waals surface area contributed by atoms with Crippen LogP contribution in [-0.4, -0.2) is 14.9 Å². The smallest absolute Gasteiger partial charge is 0.175 e. The summed E-state index contributed by atoms with van der Waals surface area (Å²) in [6, 6.07) is 3.17. The summed E-state index contributed by atoms with van der Waals surface area (Å²) < 4.78 is 15.7. The molecule has 0 amide bonds. The molecule has 0 radical (unpaired) electrons. The van der Waals surface area contributed by atoms with Gasteiger partial charge in [0.25, 0.3) is 0 Å². The first-order valence-corrected chi connectivity index (χ1v) is 5.68. The number of halogens is 2. The molecule has 4 nitrogen and oxygen atoms in total. The first kappa shape index (κ1) is 11.9. The van der Waals surface area contributed by atoms with E-state index in [0.717, 1.165) is 5.56 Å². The van der Waals surface area contributed by atoms with E-state index >= 15 is 0 Å². The molecule has 1 aromatic carbocycles. The molecule has 2 aromatic rings. The van der Waals surface area contributed by atoms with Crippen molar-refractivity contribution < 1.29 is 9.50 Å². The Bertz CT molecular complexity index is 575. The van der Waals surface area contributed by atoms with Gasteiger partial charge in [0.15, 0.2) is 11.6 Å². The third kappa shape index (κ3) is 1.88. The second kappa shape index (κ2) is 4.03. The number of hydrogen-bond acceptors (Lipinski definition) is 3. The summed E-state index contributed by atoms with van der Waals surface area (Å²) in [7, 11) is 1.67. The van der Waals surface area contributed by atoms with Crippen molar-refractivity contribution in [2.24, 2.45) is 7.05 Å². The highest BCUT2D eigenvalue weighted by Crippen LogP contribution is 2.36. The summed E-state index contributed by atoms with van der Waals surface area (Å²) in [4.78, 5) is 0. The molecular weight excluding hydrogens is 289 g/mol. The van der Waals surface area contributed by atoms with Crippen LogP contribution in [0.4, 0.5) is 10.2 Å². The van der Waals surface area contributed by atoms with E-state index in [0.29, 0.717) is 16.0 Å². The van der Waals surface area contributed by atoms with Crippen LogP contribution >= 0.6 is 15.9 Å². The number of aromatic hydroxyl groups is 1. The maximum absolute atomic E-state index is 13.9. The number of nitrogens with zero attached hydrogens (tertiary/aromatic N) is 2. The summed E-state index contributed by atoms with van der Waals surface area (Å²) in [5.74, 6) is -0.690. The summed E-state index contributed by atoms with van der Waals surface area (Å²) in [6.07, 6.45) is 0. The number of nitrogens with two attached hydrogens (primary N) is 1. The van der Waals surface area contributed by atoms with Crippen LogP contribution in [0.15, 0.2) is 16.6 Å².